The summed E-state index contributed by atoms with van der Waals surface area (Å²) >= 11 is 13.5. The van der Waals surface area contributed by atoms with Crippen LogP contribution in [0.2, 0.25) is 10.0 Å². The smallest absolute Gasteiger partial charge is 0.348 e. The van der Waals surface area contributed by atoms with Crippen LogP contribution < -0.4 is 4.90 Å². The Morgan fingerprint density at radius 2 is 1.76 bits per heavy atom. The van der Waals surface area contributed by atoms with Gasteiger partial charge in [-0.1, -0.05) is 41.4 Å². The zero-order valence-corrected chi connectivity index (χ0v) is 20.3. The van der Waals surface area contributed by atoms with Crippen molar-refractivity contribution in [2.24, 2.45) is 0 Å². The molecule has 0 radical (unpaired) electrons. The summed E-state index contributed by atoms with van der Waals surface area (Å²) in [6.45, 7) is 0.801. The highest BCUT2D eigenvalue weighted by Gasteiger charge is 2.40. The molecule has 0 amide bonds. The number of aromatic nitrogens is 1. The van der Waals surface area contributed by atoms with Crippen LogP contribution in [0.4, 0.5) is 18.3 Å². The standard InChI is InChI=1S/C22H19Cl2F3N2O2S2/c23-18-6-5-14(12-19(18)24)11-15-13-32-21(28-15)29-9-7-16(8-10-29)33(30,31)20-4-2-1-3-17(20)22(25,26)27/h1-6,12-13,16H,7-11H2. The predicted octanol–water partition coefficient (Wildman–Crippen LogP) is 6.50. The Morgan fingerprint density at radius 1 is 1.06 bits per heavy atom. The Morgan fingerprint density at radius 3 is 2.42 bits per heavy atom. The van der Waals surface area contributed by atoms with Gasteiger partial charge in [0.15, 0.2) is 15.0 Å². The maximum absolute atomic E-state index is 13.3. The number of benzene rings is 2. The van der Waals surface area contributed by atoms with Crippen LogP contribution in [0.3, 0.4) is 0 Å². The Hall–Kier alpha value is -1.81. The van der Waals surface area contributed by atoms with E-state index in [9.17, 15) is 21.6 Å². The van der Waals surface area contributed by atoms with Crippen molar-refractivity contribution in [2.45, 2.75) is 35.6 Å². The molecule has 176 valence electrons. The largest absolute Gasteiger partial charge is 0.417 e. The first-order valence-electron chi connectivity index (χ1n) is 10.1. The van der Waals surface area contributed by atoms with E-state index in [1.54, 1.807) is 12.1 Å². The zero-order valence-electron chi connectivity index (χ0n) is 17.1. The summed E-state index contributed by atoms with van der Waals surface area (Å²) in [4.78, 5) is 5.98. The van der Waals surface area contributed by atoms with Gasteiger partial charge in [0.1, 0.15) is 0 Å². The van der Waals surface area contributed by atoms with Crippen molar-refractivity contribution in [3.63, 3.8) is 0 Å². The quantitative estimate of drug-likeness (QED) is 0.374. The highest BCUT2D eigenvalue weighted by molar-refractivity contribution is 7.92. The van der Waals surface area contributed by atoms with Crippen molar-refractivity contribution in [2.75, 3.05) is 18.0 Å². The number of alkyl halides is 3. The van der Waals surface area contributed by atoms with Gasteiger partial charge >= 0.3 is 6.18 Å². The molecule has 0 spiro atoms. The first kappa shape index (κ1) is 24.3. The highest BCUT2D eigenvalue weighted by atomic mass is 35.5. The summed E-state index contributed by atoms with van der Waals surface area (Å²) in [5.74, 6) is 0. The van der Waals surface area contributed by atoms with E-state index in [0.29, 0.717) is 29.6 Å². The molecule has 1 aromatic heterocycles. The fraction of sp³-hybridized carbons (Fsp3) is 0.318. The number of hydrogen-bond acceptors (Lipinski definition) is 5. The summed E-state index contributed by atoms with van der Waals surface area (Å²) in [5, 5.41) is 2.78. The van der Waals surface area contributed by atoms with Gasteiger partial charge in [0.2, 0.25) is 0 Å². The number of hydrogen-bond donors (Lipinski definition) is 0. The second-order valence-corrected chi connectivity index (χ2v) is 11.6. The number of thiazole rings is 1. The molecule has 0 N–H and O–H groups in total. The SMILES string of the molecule is O=S(=O)(c1ccccc1C(F)(F)F)C1CCN(c2nc(Cc3ccc(Cl)c(Cl)c3)cs2)CC1. The summed E-state index contributed by atoms with van der Waals surface area (Å²) in [7, 11) is -4.11. The van der Waals surface area contributed by atoms with E-state index in [0.717, 1.165) is 28.5 Å². The van der Waals surface area contributed by atoms with Gasteiger partial charge in [0.05, 0.1) is 31.4 Å². The third kappa shape index (κ3) is 5.31. The summed E-state index contributed by atoms with van der Waals surface area (Å²) < 4.78 is 66.0. The molecule has 1 aliphatic heterocycles. The van der Waals surface area contributed by atoms with E-state index < -0.39 is 31.7 Å². The third-order valence-electron chi connectivity index (χ3n) is 5.56. The second-order valence-electron chi connectivity index (χ2n) is 7.77. The molecule has 1 aliphatic rings. The maximum atomic E-state index is 13.3. The van der Waals surface area contributed by atoms with E-state index in [2.05, 4.69) is 4.98 Å². The molecule has 1 fully saturated rings. The maximum Gasteiger partial charge on any atom is 0.417 e. The van der Waals surface area contributed by atoms with E-state index in [-0.39, 0.29) is 12.8 Å². The van der Waals surface area contributed by atoms with Crippen LogP contribution in [0.5, 0.6) is 0 Å². The lowest BCUT2D eigenvalue weighted by Gasteiger charge is -2.31. The third-order valence-corrected chi connectivity index (χ3v) is 9.57. The van der Waals surface area contributed by atoms with Gasteiger partial charge in [-0.25, -0.2) is 13.4 Å². The van der Waals surface area contributed by atoms with Crippen molar-refractivity contribution in [1.29, 1.82) is 0 Å². The fourth-order valence-corrected chi connectivity index (χ4v) is 7.02. The second kappa shape index (κ2) is 9.44. The molecule has 33 heavy (non-hydrogen) atoms. The lowest BCUT2D eigenvalue weighted by molar-refractivity contribution is -0.139. The van der Waals surface area contributed by atoms with Crippen LogP contribution in [-0.4, -0.2) is 31.7 Å². The molecule has 4 rings (SSSR count). The van der Waals surface area contributed by atoms with Crippen molar-refractivity contribution in [1.82, 2.24) is 4.98 Å². The van der Waals surface area contributed by atoms with E-state index in [1.807, 2.05) is 16.3 Å². The molecule has 4 nitrogen and oxygen atoms in total. The number of nitrogens with zero attached hydrogens (tertiary/aromatic N) is 2. The van der Waals surface area contributed by atoms with Crippen molar-refractivity contribution in [3.05, 3.63) is 74.7 Å². The molecular weight excluding hydrogens is 516 g/mol. The fourth-order valence-electron chi connectivity index (χ4n) is 3.87. The normalized spacial score (nSPS) is 15.7. The van der Waals surface area contributed by atoms with Crippen LogP contribution >= 0.6 is 34.5 Å². The van der Waals surface area contributed by atoms with Gasteiger partial charge in [0.25, 0.3) is 0 Å². The molecule has 0 atom stereocenters. The van der Waals surface area contributed by atoms with Crippen molar-refractivity contribution < 1.29 is 21.6 Å². The van der Waals surface area contributed by atoms with E-state index >= 15 is 0 Å². The minimum atomic E-state index is -4.73. The van der Waals surface area contributed by atoms with Crippen LogP contribution in [-0.2, 0) is 22.4 Å². The number of piperidine rings is 1. The Labute approximate surface area is 203 Å². The van der Waals surface area contributed by atoms with E-state index in [4.69, 9.17) is 23.2 Å². The Balaban J connectivity index is 1.44. The number of halogens is 5. The van der Waals surface area contributed by atoms with Crippen molar-refractivity contribution >= 4 is 49.5 Å². The first-order chi connectivity index (χ1) is 15.6. The zero-order chi connectivity index (χ0) is 23.8. The molecular formula is C22H19Cl2F3N2O2S2. The highest BCUT2D eigenvalue weighted by Crippen LogP contribution is 2.37. The van der Waals surface area contributed by atoms with Gasteiger partial charge in [-0.15, -0.1) is 11.3 Å². The van der Waals surface area contributed by atoms with Crippen LogP contribution in [0.15, 0.2) is 52.7 Å². The van der Waals surface area contributed by atoms with Gasteiger partial charge in [0, 0.05) is 24.9 Å². The van der Waals surface area contributed by atoms with Crippen LogP contribution in [0, 0.1) is 0 Å². The summed E-state index contributed by atoms with van der Waals surface area (Å²) in [5.41, 5.74) is 0.705. The molecule has 3 aromatic rings. The summed E-state index contributed by atoms with van der Waals surface area (Å²) in [6.07, 6.45) is -3.69. The molecule has 0 aliphatic carbocycles. The van der Waals surface area contributed by atoms with Gasteiger partial charge < -0.3 is 4.90 Å². The molecule has 1 saturated heterocycles. The average molecular weight is 535 g/mol. The topological polar surface area (TPSA) is 50.3 Å². The minimum Gasteiger partial charge on any atom is -0.348 e. The van der Waals surface area contributed by atoms with Crippen LogP contribution in [0.25, 0.3) is 0 Å². The molecule has 0 saturated carbocycles. The Bertz CT molecular complexity index is 1250. The van der Waals surface area contributed by atoms with Crippen molar-refractivity contribution in [3.8, 4) is 0 Å². The molecule has 2 heterocycles. The molecule has 0 bridgehead atoms. The lowest BCUT2D eigenvalue weighted by Crippen LogP contribution is -2.39. The predicted molar refractivity (Wildman–Crippen MR) is 125 cm³/mol. The van der Waals surface area contributed by atoms with Gasteiger partial charge in [-0.3, -0.25) is 0 Å². The van der Waals surface area contributed by atoms with Gasteiger partial charge in [-0.2, -0.15) is 13.2 Å². The average Bonchev–Trinajstić information content (AvgIpc) is 3.24. The number of rotatable bonds is 5. The molecule has 11 heteroatoms. The van der Waals surface area contributed by atoms with Gasteiger partial charge in [-0.05, 0) is 42.7 Å². The minimum absolute atomic E-state index is 0.232. The first-order valence-corrected chi connectivity index (χ1v) is 13.3. The number of sulfone groups is 1. The Kier molecular flexibility index (Phi) is 6.96. The monoisotopic (exact) mass is 534 g/mol. The van der Waals surface area contributed by atoms with Crippen LogP contribution in [0.1, 0.15) is 29.7 Å². The number of anilines is 1. The molecule has 2 aromatic carbocycles. The van der Waals surface area contributed by atoms with E-state index in [1.165, 1.54) is 23.5 Å². The molecule has 0 unspecified atom stereocenters. The lowest BCUT2D eigenvalue weighted by atomic mass is 10.1. The summed E-state index contributed by atoms with van der Waals surface area (Å²) in [6, 6.07) is 9.77.